The Morgan fingerprint density at radius 3 is 2.65 bits per heavy atom. The van der Waals surface area contributed by atoms with Crippen LogP contribution < -0.4 is 11.1 Å². The molecule has 0 spiro atoms. The van der Waals surface area contributed by atoms with Crippen LogP contribution in [-0.2, 0) is 7.05 Å². The van der Waals surface area contributed by atoms with Crippen LogP contribution >= 0.6 is 0 Å². The molecule has 96 valence electrons. The van der Waals surface area contributed by atoms with Gasteiger partial charge in [-0.15, -0.1) is 0 Å². The van der Waals surface area contributed by atoms with Crippen molar-refractivity contribution < 1.29 is 4.92 Å². The van der Waals surface area contributed by atoms with Crippen LogP contribution in [0, 0.1) is 23.0 Å². The van der Waals surface area contributed by atoms with E-state index in [9.17, 15) is 10.1 Å². The van der Waals surface area contributed by atoms with E-state index < -0.39 is 4.92 Å². The zero-order valence-corrected chi connectivity index (χ0v) is 10.6. The topological polar surface area (TPSA) is 99.0 Å². The van der Waals surface area contributed by atoms with Crippen molar-refractivity contribution in [2.75, 3.05) is 11.9 Å². The molecular formula is C10H19N5O2. The number of rotatable bonds is 5. The Labute approximate surface area is 100 Å². The maximum atomic E-state index is 10.8. The van der Waals surface area contributed by atoms with Crippen molar-refractivity contribution >= 4 is 11.6 Å². The molecule has 1 atom stereocenters. The van der Waals surface area contributed by atoms with Gasteiger partial charge >= 0.3 is 5.82 Å². The summed E-state index contributed by atoms with van der Waals surface area (Å²) in [5.74, 6) is 1.16. The van der Waals surface area contributed by atoms with Gasteiger partial charge in [-0.3, -0.25) is 4.57 Å². The van der Waals surface area contributed by atoms with Gasteiger partial charge in [0.1, 0.15) is 0 Å². The van der Waals surface area contributed by atoms with Crippen molar-refractivity contribution in [2.24, 2.45) is 18.7 Å². The third-order valence-electron chi connectivity index (χ3n) is 2.83. The minimum absolute atomic E-state index is 0.0511. The molecule has 0 aliphatic carbocycles. The van der Waals surface area contributed by atoms with E-state index >= 15 is 0 Å². The average Bonchev–Trinajstić information content (AvgIpc) is 2.52. The molecule has 1 rings (SSSR count). The van der Waals surface area contributed by atoms with Crippen LogP contribution in [0.5, 0.6) is 0 Å². The Kier molecular flexibility index (Phi) is 4.06. The largest absolute Gasteiger partial charge is 0.406 e. The van der Waals surface area contributed by atoms with Gasteiger partial charge in [0.25, 0.3) is 0 Å². The zero-order chi connectivity index (χ0) is 13.2. The van der Waals surface area contributed by atoms with E-state index in [1.54, 1.807) is 18.5 Å². The number of hydrogen-bond donors (Lipinski definition) is 2. The second kappa shape index (κ2) is 5.13. The van der Waals surface area contributed by atoms with Gasteiger partial charge < -0.3 is 21.2 Å². The van der Waals surface area contributed by atoms with Crippen molar-refractivity contribution in [1.29, 1.82) is 0 Å². The first kappa shape index (κ1) is 13.4. The molecule has 0 saturated carbocycles. The number of hydrogen-bond acceptors (Lipinski definition) is 5. The van der Waals surface area contributed by atoms with Crippen LogP contribution in [0.25, 0.3) is 0 Å². The van der Waals surface area contributed by atoms with Gasteiger partial charge in [-0.2, -0.15) is 0 Å². The second-order valence-corrected chi connectivity index (χ2v) is 4.44. The van der Waals surface area contributed by atoms with Crippen molar-refractivity contribution in [3.05, 3.63) is 15.9 Å². The van der Waals surface area contributed by atoms with E-state index in [0.29, 0.717) is 24.1 Å². The molecule has 1 heterocycles. The lowest BCUT2D eigenvalue weighted by Crippen LogP contribution is -2.34. The Hall–Kier alpha value is -1.63. The van der Waals surface area contributed by atoms with Gasteiger partial charge in [0.05, 0.1) is 0 Å². The molecule has 0 aliphatic heterocycles. The molecule has 0 fully saturated rings. The van der Waals surface area contributed by atoms with Crippen LogP contribution in [0.1, 0.15) is 19.7 Å². The molecule has 7 heteroatoms. The highest BCUT2D eigenvalue weighted by atomic mass is 16.6. The SMILES string of the molecule is Cc1nc([N+](=O)[O-])c(NCC(N)C(C)C)n1C. The summed E-state index contributed by atoms with van der Waals surface area (Å²) in [6, 6.07) is -0.0511. The monoisotopic (exact) mass is 241 g/mol. The van der Waals surface area contributed by atoms with Gasteiger partial charge in [-0.05, 0) is 15.8 Å². The molecule has 0 aromatic carbocycles. The van der Waals surface area contributed by atoms with Gasteiger partial charge in [-0.1, -0.05) is 13.8 Å². The summed E-state index contributed by atoms with van der Waals surface area (Å²) in [7, 11) is 1.73. The lowest BCUT2D eigenvalue weighted by molar-refractivity contribution is -0.388. The number of nitrogens with zero attached hydrogens (tertiary/aromatic N) is 3. The fraction of sp³-hybridized carbons (Fsp3) is 0.700. The summed E-state index contributed by atoms with van der Waals surface area (Å²) >= 11 is 0. The maximum absolute atomic E-state index is 10.8. The van der Waals surface area contributed by atoms with E-state index in [-0.39, 0.29) is 11.9 Å². The van der Waals surface area contributed by atoms with Crippen LogP contribution in [0.2, 0.25) is 0 Å². The molecule has 1 aromatic rings. The highest BCUT2D eigenvalue weighted by molar-refractivity contribution is 5.53. The number of aryl methyl sites for hydroxylation is 1. The van der Waals surface area contributed by atoms with E-state index in [2.05, 4.69) is 10.3 Å². The highest BCUT2D eigenvalue weighted by Gasteiger charge is 2.23. The molecule has 3 N–H and O–H groups in total. The number of imidazole rings is 1. The molecule has 0 saturated heterocycles. The lowest BCUT2D eigenvalue weighted by Gasteiger charge is -2.16. The van der Waals surface area contributed by atoms with Gasteiger partial charge in [0.2, 0.25) is 11.6 Å². The first-order valence-corrected chi connectivity index (χ1v) is 5.51. The molecule has 7 nitrogen and oxygen atoms in total. The Morgan fingerprint density at radius 2 is 2.18 bits per heavy atom. The third kappa shape index (κ3) is 2.94. The van der Waals surface area contributed by atoms with Crippen LogP contribution in [-0.4, -0.2) is 27.1 Å². The first-order valence-electron chi connectivity index (χ1n) is 5.51. The Morgan fingerprint density at radius 1 is 1.59 bits per heavy atom. The van der Waals surface area contributed by atoms with E-state index in [1.165, 1.54) is 0 Å². The minimum Gasteiger partial charge on any atom is -0.363 e. The number of nitrogens with two attached hydrogens (primary N) is 1. The van der Waals surface area contributed by atoms with Crippen molar-refractivity contribution in [3.8, 4) is 0 Å². The molecular weight excluding hydrogens is 222 g/mol. The van der Waals surface area contributed by atoms with Crippen LogP contribution in [0.3, 0.4) is 0 Å². The van der Waals surface area contributed by atoms with Crippen LogP contribution in [0.15, 0.2) is 0 Å². The number of aromatic nitrogens is 2. The zero-order valence-electron chi connectivity index (χ0n) is 10.6. The summed E-state index contributed by atoms with van der Waals surface area (Å²) in [5.41, 5.74) is 5.89. The second-order valence-electron chi connectivity index (χ2n) is 4.44. The number of nitro groups is 1. The molecule has 17 heavy (non-hydrogen) atoms. The maximum Gasteiger partial charge on any atom is 0.406 e. The fourth-order valence-electron chi connectivity index (χ4n) is 1.37. The van der Waals surface area contributed by atoms with E-state index in [1.807, 2.05) is 13.8 Å². The van der Waals surface area contributed by atoms with Crippen molar-refractivity contribution in [2.45, 2.75) is 26.8 Å². The van der Waals surface area contributed by atoms with E-state index in [0.717, 1.165) is 0 Å². The van der Waals surface area contributed by atoms with Gasteiger partial charge in [0, 0.05) is 26.6 Å². The predicted octanol–water partition coefficient (Wildman–Crippen LogP) is 1.03. The number of anilines is 1. The quantitative estimate of drug-likeness (QED) is 0.592. The normalized spacial score (nSPS) is 12.8. The highest BCUT2D eigenvalue weighted by Crippen LogP contribution is 2.23. The Balaban J connectivity index is 2.86. The number of nitrogens with one attached hydrogen (secondary N) is 1. The minimum atomic E-state index is -0.490. The molecule has 1 unspecified atom stereocenters. The summed E-state index contributed by atoms with van der Waals surface area (Å²) in [5, 5.41) is 13.8. The molecule has 1 aromatic heterocycles. The standard InChI is InChI=1S/C10H19N5O2/c1-6(2)8(11)5-12-9-10(15(16)17)13-7(3)14(9)4/h6,8,12H,5,11H2,1-4H3. The van der Waals surface area contributed by atoms with Crippen molar-refractivity contribution in [3.63, 3.8) is 0 Å². The average molecular weight is 241 g/mol. The Bertz CT molecular complexity index is 413. The predicted molar refractivity (Wildman–Crippen MR) is 65.9 cm³/mol. The summed E-state index contributed by atoms with van der Waals surface area (Å²) in [6.45, 7) is 6.22. The molecule has 0 bridgehead atoms. The lowest BCUT2D eigenvalue weighted by atomic mass is 10.1. The first-order chi connectivity index (χ1) is 7.84. The smallest absolute Gasteiger partial charge is 0.363 e. The summed E-state index contributed by atoms with van der Waals surface area (Å²) in [4.78, 5) is 14.2. The van der Waals surface area contributed by atoms with Crippen molar-refractivity contribution in [1.82, 2.24) is 9.55 Å². The summed E-state index contributed by atoms with van der Waals surface area (Å²) < 4.78 is 1.66. The van der Waals surface area contributed by atoms with E-state index in [4.69, 9.17) is 5.73 Å². The summed E-state index contributed by atoms with van der Waals surface area (Å²) in [6.07, 6.45) is 0. The van der Waals surface area contributed by atoms with Gasteiger partial charge in [0.15, 0.2) is 0 Å². The molecule has 0 amide bonds. The molecule has 0 aliphatic rings. The van der Waals surface area contributed by atoms with Crippen LogP contribution in [0.4, 0.5) is 11.6 Å². The third-order valence-corrected chi connectivity index (χ3v) is 2.83. The van der Waals surface area contributed by atoms with Gasteiger partial charge in [-0.25, -0.2) is 0 Å². The fourth-order valence-corrected chi connectivity index (χ4v) is 1.37. The molecule has 0 radical (unpaired) electrons.